The van der Waals surface area contributed by atoms with E-state index in [4.69, 9.17) is 16.2 Å². The van der Waals surface area contributed by atoms with Crippen LogP contribution >= 0.6 is 0 Å². The van der Waals surface area contributed by atoms with Gasteiger partial charge in [0.25, 0.3) is 0 Å². The average molecular weight is 255 g/mol. The topological polar surface area (TPSA) is 81.6 Å². The Morgan fingerprint density at radius 3 is 2.89 bits per heavy atom. The van der Waals surface area contributed by atoms with Gasteiger partial charge in [-0.05, 0) is 38.1 Å². The van der Waals surface area contributed by atoms with Crippen molar-refractivity contribution < 1.29 is 9.53 Å². The molecule has 104 valence electrons. The van der Waals surface area contributed by atoms with Crippen molar-refractivity contribution in [3.05, 3.63) is 0 Å². The average Bonchev–Trinajstić information content (AvgIpc) is 2.94. The van der Waals surface area contributed by atoms with Crippen LogP contribution in [0.3, 0.4) is 0 Å². The van der Waals surface area contributed by atoms with Gasteiger partial charge in [-0.2, -0.15) is 0 Å². The number of primary amides is 1. The van der Waals surface area contributed by atoms with Gasteiger partial charge in [-0.25, -0.2) is 0 Å². The summed E-state index contributed by atoms with van der Waals surface area (Å²) in [7, 11) is 1.77. The third-order valence-corrected chi connectivity index (χ3v) is 4.69. The van der Waals surface area contributed by atoms with Crippen molar-refractivity contribution >= 4 is 5.91 Å². The lowest BCUT2D eigenvalue weighted by molar-refractivity contribution is -0.124. The van der Waals surface area contributed by atoms with Gasteiger partial charge in [-0.3, -0.25) is 4.79 Å². The van der Waals surface area contributed by atoms with Crippen LogP contribution in [0, 0.1) is 5.92 Å². The summed E-state index contributed by atoms with van der Waals surface area (Å²) in [5.41, 5.74) is 10.9. The normalized spacial score (nSPS) is 37.2. The molecule has 0 aromatic heterocycles. The van der Waals surface area contributed by atoms with Crippen molar-refractivity contribution in [3.63, 3.8) is 0 Å². The molecule has 3 atom stereocenters. The summed E-state index contributed by atoms with van der Waals surface area (Å²) < 4.78 is 5.35. The van der Waals surface area contributed by atoms with Crippen molar-refractivity contribution in [2.45, 2.75) is 43.7 Å². The number of hydrogen-bond acceptors (Lipinski definition) is 4. The molecule has 0 aromatic rings. The number of amides is 1. The Morgan fingerprint density at radius 1 is 1.50 bits per heavy atom. The molecule has 0 aromatic carbocycles. The van der Waals surface area contributed by atoms with E-state index in [1.807, 2.05) is 0 Å². The lowest BCUT2D eigenvalue weighted by Gasteiger charge is -2.29. The highest BCUT2D eigenvalue weighted by Crippen LogP contribution is 2.36. The smallest absolute Gasteiger partial charge is 0.237 e. The molecule has 0 bridgehead atoms. The van der Waals surface area contributed by atoms with E-state index in [9.17, 15) is 4.79 Å². The molecular weight excluding hydrogens is 230 g/mol. The van der Waals surface area contributed by atoms with Crippen molar-refractivity contribution in [1.29, 1.82) is 0 Å². The van der Waals surface area contributed by atoms with Gasteiger partial charge in [0.15, 0.2) is 0 Å². The van der Waals surface area contributed by atoms with Gasteiger partial charge in [0.05, 0.1) is 11.6 Å². The molecule has 5 heteroatoms. The highest BCUT2D eigenvalue weighted by atomic mass is 16.5. The van der Waals surface area contributed by atoms with E-state index >= 15 is 0 Å². The summed E-state index contributed by atoms with van der Waals surface area (Å²) in [5.74, 6) is -0.0854. The predicted molar refractivity (Wildman–Crippen MR) is 69.9 cm³/mol. The van der Waals surface area contributed by atoms with Gasteiger partial charge in [0, 0.05) is 20.2 Å². The summed E-state index contributed by atoms with van der Waals surface area (Å²) >= 11 is 0. The van der Waals surface area contributed by atoms with E-state index in [1.54, 1.807) is 7.11 Å². The number of carbonyl (C=O) groups excluding carboxylic acids is 1. The minimum absolute atomic E-state index is 0.247. The molecule has 0 spiro atoms. The molecule has 1 heterocycles. The van der Waals surface area contributed by atoms with E-state index in [1.165, 1.54) is 0 Å². The van der Waals surface area contributed by atoms with Crippen molar-refractivity contribution in [2.24, 2.45) is 17.4 Å². The number of methoxy groups -OCH3 is 1. The van der Waals surface area contributed by atoms with Gasteiger partial charge in [0.2, 0.25) is 5.91 Å². The third-order valence-electron chi connectivity index (χ3n) is 4.69. The molecule has 2 aliphatic rings. The highest BCUT2D eigenvalue weighted by molar-refractivity contribution is 5.85. The molecule has 1 aliphatic heterocycles. The predicted octanol–water partition coefficient (Wildman–Crippen LogP) is 0.0801. The van der Waals surface area contributed by atoms with Gasteiger partial charge in [0.1, 0.15) is 0 Å². The maximum Gasteiger partial charge on any atom is 0.237 e. The number of nitrogens with zero attached hydrogens (tertiary/aromatic N) is 1. The van der Waals surface area contributed by atoms with Crippen LogP contribution in [0.4, 0.5) is 0 Å². The Hall–Kier alpha value is -0.650. The molecule has 1 saturated carbocycles. The molecule has 3 unspecified atom stereocenters. The largest absolute Gasteiger partial charge is 0.380 e. The van der Waals surface area contributed by atoms with Crippen LogP contribution in [0.1, 0.15) is 32.1 Å². The van der Waals surface area contributed by atoms with E-state index in [-0.39, 0.29) is 11.8 Å². The lowest BCUT2D eigenvalue weighted by atomic mass is 9.85. The quantitative estimate of drug-likeness (QED) is 0.729. The Kier molecular flexibility index (Phi) is 4.25. The summed E-state index contributed by atoms with van der Waals surface area (Å²) in [6.07, 6.45) is 5.23. The SMILES string of the molecule is COC1CCN(CCC2CCCC2(N)C(N)=O)C1. The van der Waals surface area contributed by atoms with Gasteiger partial charge >= 0.3 is 0 Å². The maximum atomic E-state index is 11.5. The Balaban J connectivity index is 1.81. The second-order valence-corrected chi connectivity index (χ2v) is 5.73. The Labute approximate surface area is 109 Å². The summed E-state index contributed by atoms with van der Waals surface area (Å²) in [6, 6.07) is 0. The molecule has 18 heavy (non-hydrogen) atoms. The Morgan fingerprint density at radius 2 is 2.28 bits per heavy atom. The number of nitrogens with two attached hydrogens (primary N) is 2. The highest BCUT2D eigenvalue weighted by Gasteiger charge is 2.44. The Bertz CT molecular complexity index is 311. The molecular formula is C13H25N3O2. The maximum absolute atomic E-state index is 11.5. The number of rotatable bonds is 5. The minimum atomic E-state index is -0.764. The van der Waals surface area contributed by atoms with Crippen LogP contribution in [-0.2, 0) is 9.53 Å². The van der Waals surface area contributed by atoms with Crippen molar-refractivity contribution in [1.82, 2.24) is 4.90 Å². The van der Waals surface area contributed by atoms with Crippen LogP contribution in [0.15, 0.2) is 0 Å². The first-order chi connectivity index (χ1) is 8.56. The van der Waals surface area contributed by atoms with Gasteiger partial charge in [-0.1, -0.05) is 6.42 Å². The molecule has 2 rings (SSSR count). The third kappa shape index (κ3) is 2.68. The number of hydrogen-bond donors (Lipinski definition) is 2. The first-order valence-corrected chi connectivity index (χ1v) is 6.90. The first-order valence-electron chi connectivity index (χ1n) is 6.90. The minimum Gasteiger partial charge on any atom is -0.380 e. The fraction of sp³-hybridized carbons (Fsp3) is 0.923. The molecule has 1 aliphatic carbocycles. The van der Waals surface area contributed by atoms with E-state index in [0.717, 1.165) is 51.7 Å². The second-order valence-electron chi connectivity index (χ2n) is 5.73. The number of ether oxygens (including phenoxy) is 1. The van der Waals surface area contributed by atoms with E-state index in [0.29, 0.717) is 6.10 Å². The standard InChI is InChI=1S/C13H25N3O2/c1-18-11-5-8-16(9-11)7-4-10-3-2-6-13(10,15)12(14)17/h10-11H,2-9,15H2,1H3,(H2,14,17). The van der Waals surface area contributed by atoms with Crippen LogP contribution in [0.2, 0.25) is 0 Å². The molecule has 5 nitrogen and oxygen atoms in total. The fourth-order valence-electron chi connectivity index (χ4n) is 3.36. The lowest BCUT2D eigenvalue weighted by Crippen LogP contribution is -2.55. The zero-order valence-corrected chi connectivity index (χ0v) is 11.2. The fourth-order valence-corrected chi connectivity index (χ4v) is 3.36. The van der Waals surface area contributed by atoms with Gasteiger partial charge in [-0.15, -0.1) is 0 Å². The zero-order valence-electron chi connectivity index (χ0n) is 11.2. The number of carbonyl (C=O) groups is 1. The van der Waals surface area contributed by atoms with Crippen LogP contribution < -0.4 is 11.5 Å². The molecule has 0 radical (unpaired) electrons. The number of likely N-dealkylation sites (tertiary alicyclic amines) is 1. The van der Waals surface area contributed by atoms with Gasteiger partial charge < -0.3 is 21.1 Å². The molecule has 1 amide bonds. The second kappa shape index (κ2) is 5.55. The summed E-state index contributed by atoms with van der Waals surface area (Å²) in [4.78, 5) is 13.9. The monoisotopic (exact) mass is 255 g/mol. The summed E-state index contributed by atoms with van der Waals surface area (Å²) in [5, 5.41) is 0. The summed E-state index contributed by atoms with van der Waals surface area (Å²) in [6.45, 7) is 3.08. The zero-order chi connectivity index (χ0) is 13.2. The molecule has 2 fully saturated rings. The van der Waals surface area contributed by atoms with Crippen molar-refractivity contribution in [2.75, 3.05) is 26.7 Å². The molecule has 4 N–H and O–H groups in total. The van der Waals surface area contributed by atoms with E-state index in [2.05, 4.69) is 4.90 Å². The van der Waals surface area contributed by atoms with E-state index < -0.39 is 5.54 Å². The van der Waals surface area contributed by atoms with Crippen LogP contribution in [-0.4, -0.2) is 49.2 Å². The van der Waals surface area contributed by atoms with Crippen molar-refractivity contribution in [3.8, 4) is 0 Å². The first kappa shape index (κ1) is 13.8. The van der Waals surface area contributed by atoms with Crippen LogP contribution in [0.5, 0.6) is 0 Å². The van der Waals surface area contributed by atoms with Crippen LogP contribution in [0.25, 0.3) is 0 Å². The molecule has 1 saturated heterocycles.